The van der Waals surface area contributed by atoms with Crippen LogP contribution in [0.4, 0.5) is 5.69 Å². The van der Waals surface area contributed by atoms with E-state index < -0.39 is 6.10 Å². The van der Waals surface area contributed by atoms with Gasteiger partial charge in [-0.15, -0.1) is 0 Å². The van der Waals surface area contributed by atoms with Crippen molar-refractivity contribution in [3.05, 3.63) is 23.8 Å². The average molecular weight is 238 g/mol. The molecule has 0 aliphatic rings. The summed E-state index contributed by atoms with van der Waals surface area (Å²) >= 11 is 0. The van der Waals surface area contributed by atoms with Crippen LogP contribution in [0.2, 0.25) is 0 Å². The summed E-state index contributed by atoms with van der Waals surface area (Å²) in [5.41, 5.74) is 6.48. The Bertz CT molecular complexity index is 393. The van der Waals surface area contributed by atoms with Crippen LogP contribution in [-0.4, -0.2) is 30.8 Å². The van der Waals surface area contributed by atoms with E-state index in [-0.39, 0.29) is 12.5 Å². The van der Waals surface area contributed by atoms with Gasteiger partial charge in [-0.2, -0.15) is 0 Å². The standard InChI is InChI=1S/C12H18N2O3/c1-3-8(15)7-14-12(16)9-5-4-6-10(13)11(9)17-2/h4-6,8,15H,3,7,13H2,1-2H3,(H,14,16). The quantitative estimate of drug-likeness (QED) is 0.662. The van der Waals surface area contributed by atoms with Gasteiger partial charge in [0.15, 0.2) is 5.75 Å². The zero-order valence-corrected chi connectivity index (χ0v) is 10.1. The molecule has 0 saturated heterocycles. The molecular weight excluding hydrogens is 220 g/mol. The fourth-order valence-electron chi connectivity index (χ4n) is 1.41. The van der Waals surface area contributed by atoms with E-state index in [2.05, 4.69) is 5.32 Å². The number of nitrogens with two attached hydrogens (primary N) is 1. The molecule has 0 aliphatic carbocycles. The highest BCUT2D eigenvalue weighted by Gasteiger charge is 2.14. The lowest BCUT2D eigenvalue weighted by atomic mass is 10.1. The Morgan fingerprint density at radius 1 is 1.59 bits per heavy atom. The molecular formula is C12H18N2O3. The predicted octanol–water partition coefficient (Wildman–Crippen LogP) is 0.778. The van der Waals surface area contributed by atoms with Gasteiger partial charge in [-0.1, -0.05) is 13.0 Å². The Morgan fingerprint density at radius 2 is 2.29 bits per heavy atom. The summed E-state index contributed by atoms with van der Waals surface area (Å²) in [4.78, 5) is 11.8. The molecule has 0 aromatic heterocycles. The van der Waals surface area contributed by atoms with Crippen molar-refractivity contribution in [2.45, 2.75) is 19.4 Å². The number of amides is 1. The van der Waals surface area contributed by atoms with E-state index >= 15 is 0 Å². The van der Waals surface area contributed by atoms with Crippen LogP contribution in [0, 0.1) is 0 Å². The van der Waals surface area contributed by atoms with Crippen LogP contribution in [0.15, 0.2) is 18.2 Å². The van der Waals surface area contributed by atoms with E-state index in [1.165, 1.54) is 7.11 Å². The van der Waals surface area contributed by atoms with Crippen LogP contribution in [0.5, 0.6) is 5.75 Å². The number of hydrogen-bond donors (Lipinski definition) is 3. The van der Waals surface area contributed by atoms with Crippen molar-refractivity contribution in [3.8, 4) is 5.75 Å². The number of methoxy groups -OCH3 is 1. The van der Waals surface area contributed by atoms with Crippen molar-refractivity contribution >= 4 is 11.6 Å². The first kappa shape index (κ1) is 13.3. The smallest absolute Gasteiger partial charge is 0.255 e. The van der Waals surface area contributed by atoms with Gasteiger partial charge in [0.25, 0.3) is 5.91 Å². The Labute approximate surface area is 101 Å². The van der Waals surface area contributed by atoms with E-state index in [0.29, 0.717) is 23.4 Å². The minimum Gasteiger partial charge on any atom is -0.494 e. The van der Waals surface area contributed by atoms with E-state index in [1.807, 2.05) is 6.92 Å². The number of benzene rings is 1. The maximum absolute atomic E-state index is 11.8. The molecule has 0 radical (unpaired) electrons. The summed E-state index contributed by atoms with van der Waals surface area (Å²) in [5, 5.41) is 12.0. The molecule has 94 valence electrons. The van der Waals surface area contributed by atoms with Crippen molar-refractivity contribution < 1.29 is 14.6 Å². The molecule has 1 unspecified atom stereocenters. The Hall–Kier alpha value is -1.75. The van der Waals surface area contributed by atoms with Gasteiger partial charge >= 0.3 is 0 Å². The van der Waals surface area contributed by atoms with Gasteiger partial charge in [0.05, 0.1) is 24.5 Å². The number of carbonyl (C=O) groups excluding carboxylic acids is 1. The third-order valence-electron chi connectivity index (χ3n) is 2.46. The fraction of sp³-hybridized carbons (Fsp3) is 0.417. The molecule has 0 aliphatic heterocycles. The zero-order chi connectivity index (χ0) is 12.8. The normalized spacial score (nSPS) is 11.9. The van der Waals surface area contributed by atoms with E-state index in [0.717, 1.165) is 0 Å². The number of hydrogen-bond acceptors (Lipinski definition) is 4. The maximum Gasteiger partial charge on any atom is 0.255 e. The number of rotatable bonds is 5. The van der Waals surface area contributed by atoms with Crippen LogP contribution in [0.1, 0.15) is 23.7 Å². The molecule has 1 atom stereocenters. The van der Waals surface area contributed by atoms with Gasteiger partial charge in [-0.3, -0.25) is 4.79 Å². The third kappa shape index (κ3) is 3.35. The average Bonchev–Trinajstić information content (AvgIpc) is 2.35. The van der Waals surface area contributed by atoms with Crippen molar-refractivity contribution in [1.29, 1.82) is 0 Å². The third-order valence-corrected chi connectivity index (χ3v) is 2.46. The van der Waals surface area contributed by atoms with Gasteiger partial charge < -0.3 is 20.9 Å². The van der Waals surface area contributed by atoms with Crippen LogP contribution in [0.3, 0.4) is 0 Å². The Balaban J connectivity index is 2.78. The minimum absolute atomic E-state index is 0.216. The molecule has 1 rings (SSSR count). The molecule has 4 N–H and O–H groups in total. The second-order valence-electron chi connectivity index (χ2n) is 3.70. The van der Waals surface area contributed by atoms with Crippen LogP contribution < -0.4 is 15.8 Å². The topological polar surface area (TPSA) is 84.6 Å². The number of aliphatic hydroxyl groups is 1. The highest BCUT2D eigenvalue weighted by molar-refractivity contribution is 5.98. The van der Waals surface area contributed by atoms with Crippen molar-refractivity contribution in [2.75, 3.05) is 19.4 Å². The number of nitrogen functional groups attached to an aromatic ring is 1. The molecule has 0 fully saturated rings. The highest BCUT2D eigenvalue weighted by Crippen LogP contribution is 2.25. The van der Waals surface area contributed by atoms with Gasteiger partial charge in [0, 0.05) is 6.54 Å². The number of carbonyl (C=O) groups is 1. The maximum atomic E-state index is 11.8. The molecule has 0 bridgehead atoms. The van der Waals surface area contributed by atoms with Crippen molar-refractivity contribution in [1.82, 2.24) is 5.32 Å². The summed E-state index contributed by atoms with van der Waals surface area (Å²) in [7, 11) is 1.46. The van der Waals surface area contributed by atoms with Crippen LogP contribution in [0.25, 0.3) is 0 Å². The molecule has 1 amide bonds. The first-order valence-electron chi connectivity index (χ1n) is 5.48. The Morgan fingerprint density at radius 3 is 2.88 bits per heavy atom. The summed E-state index contributed by atoms with van der Waals surface area (Å²) in [6, 6.07) is 4.97. The lowest BCUT2D eigenvalue weighted by Crippen LogP contribution is -2.32. The molecule has 1 aromatic carbocycles. The molecule has 0 spiro atoms. The lowest BCUT2D eigenvalue weighted by Gasteiger charge is -2.12. The second kappa shape index (κ2) is 6.10. The SMILES string of the molecule is CCC(O)CNC(=O)c1cccc(N)c1OC. The minimum atomic E-state index is -0.536. The first-order valence-corrected chi connectivity index (χ1v) is 5.48. The molecule has 0 saturated carbocycles. The lowest BCUT2D eigenvalue weighted by molar-refractivity contribution is 0.0911. The van der Waals surface area contributed by atoms with Gasteiger partial charge in [-0.05, 0) is 18.6 Å². The van der Waals surface area contributed by atoms with Crippen LogP contribution in [-0.2, 0) is 0 Å². The van der Waals surface area contributed by atoms with E-state index in [4.69, 9.17) is 10.5 Å². The summed E-state index contributed by atoms with van der Waals surface area (Å²) in [6.07, 6.45) is 0.0555. The van der Waals surface area contributed by atoms with E-state index in [9.17, 15) is 9.90 Å². The summed E-state index contributed by atoms with van der Waals surface area (Å²) < 4.78 is 5.08. The number of ether oxygens (including phenoxy) is 1. The van der Waals surface area contributed by atoms with Crippen molar-refractivity contribution in [2.24, 2.45) is 0 Å². The molecule has 5 heteroatoms. The first-order chi connectivity index (χ1) is 8.10. The van der Waals surface area contributed by atoms with E-state index in [1.54, 1.807) is 18.2 Å². The highest BCUT2D eigenvalue weighted by atomic mass is 16.5. The summed E-state index contributed by atoms with van der Waals surface area (Å²) in [5.74, 6) is 0.0534. The van der Waals surface area contributed by atoms with Crippen molar-refractivity contribution in [3.63, 3.8) is 0 Å². The van der Waals surface area contributed by atoms with Gasteiger partial charge in [-0.25, -0.2) is 0 Å². The fourth-order valence-corrected chi connectivity index (χ4v) is 1.41. The largest absolute Gasteiger partial charge is 0.494 e. The Kier molecular flexibility index (Phi) is 4.78. The molecule has 5 nitrogen and oxygen atoms in total. The summed E-state index contributed by atoms with van der Waals surface area (Å²) in [6.45, 7) is 2.06. The number of para-hydroxylation sites is 1. The number of nitrogens with one attached hydrogen (secondary N) is 1. The van der Waals surface area contributed by atoms with Gasteiger partial charge in [0.1, 0.15) is 0 Å². The molecule has 17 heavy (non-hydrogen) atoms. The number of anilines is 1. The monoisotopic (exact) mass is 238 g/mol. The van der Waals surface area contributed by atoms with Crippen LogP contribution >= 0.6 is 0 Å². The predicted molar refractivity (Wildman–Crippen MR) is 66.0 cm³/mol. The molecule has 1 aromatic rings. The number of aliphatic hydroxyl groups excluding tert-OH is 1. The van der Waals surface area contributed by atoms with Gasteiger partial charge in [0.2, 0.25) is 0 Å². The second-order valence-corrected chi connectivity index (χ2v) is 3.70. The molecule has 0 heterocycles. The zero-order valence-electron chi connectivity index (χ0n) is 10.1.